The van der Waals surface area contributed by atoms with Crippen molar-refractivity contribution in [3.8, 4) is 0 Å². The summed E-state index contributed by atoms with van der Waals surface area (Å²) in [6, 6.07) is 0. The van der Waals surface area contributed by atoms with Gasteiger partial charge in [0.05, 0.1) is 6.61 Å². The van der Waals surface area contributed by atoms with Crippen LogP contribution < -0.4 is 0 Å². The summed E-state index contributed by atoms with van der Waals surface area (Å²) in [6.07, 6.45) is 0.715. The Morgan fingerprint density at radius 2 is 2.23 bits per heavy atom. The van der Waals surface area contributed by atoms with Gasteiger partial charge in [-0.25, -0.2) is 4.39 Å². The maximum atomic E-state index is 13.2. The number of rotatable bonds is 1. The van der Waals surface area contributed by atoms with E-state index in [0.717, 1.165) is 13.0 Å². The summed E-state index contributed by atoms with van der Waals surface area (Å²) in [5, 5.41) is 9.37. The van der Waals surface area contributed by atoms with Gasteiger partial charge in [-0.15, -0.1) is 0 Å². The van der Waals surface area contributed by atoms with Crippen molar-refractivity contribution in [2.45, 2.75) is 38.4 Å². The van der Waals surface area contributed by atoms with Crippen molar-refractivity contribution in [3.63, 3.8) is 0 Å². The maximum Gasteiger partial charge on any atom is 0.115 e. The summed E-state index contributed by atoms with van der Waals surface area (Å²) in [6.45, 7) is 5.93. The average Bonchev–Trinajstić information content (AvgIpc) is 2.36. The Labute approximate surface area is 78.7 Å². The van der Waals surface area contributed by atoms with E-state index in [1.54, 1.807) is 0 Å². The minimum absolute atomic E-state index is 0.108. The molecule has 0 spiro atoms. The molecule has 2 fully saturated rings. The van der Waals surface area contributed by atoms with Gasteiger partial charge in [-0.3, -0.25) is 4.90 Å². The maximum absolute atomic E-state index is 13.2. The van der Waals surface area contributed by atoms with Gasteiger partial charge in [0.15, 0.2) is 0 Å². The molecule has 3 heteroatoms. The highest BCUT2D eigenvalue weighted by atomic mass is 19.1. The van der Waals surface area contributed by atoms with Gasteiger partial charge >= 0.3 is 0 Å². The molecule has 0 radical (unpaired) electrons. The molecule has 2 nitrogen and oxygen atoms in total. The Kier molecular flexibility index (Phi) is 1.93. The highest BCUT2D eigenvalue weighted by molar-refractivity contribution is 5.08. The largest absolute Gasteiger partial charge is 0.394 e. The van der Waals surface area contributed by atoms with Crippen LogP contribution in [0.5, 0.6) is 0 Å². The van der Waals surface area contributed by atoms with Crippen molar-refractivity contribution in [3.05, 3.63) is 0 Å². The summed E-state index contributed by atoms with van der Waals surface area (Å²) < 4.78 is 13.2. The third kappa shape index (κ3) is 1.38. The Balaban J connectivity index is 2.20. The number of nitrogens with zero attached hydrogens (tertiary/aromatic N) is 1. The van der Waals surface area contributed by atoms with Crippen molar-refractivity contribution >= 4 is 0 Å². The number of aliphatic hydroxyl groups excluding tert-OH is 1. The number of hydrogen-bond acceptors (Lipinski definition) is 2. The van der Waals surface area contributed by atoms with Crippen molar-refractivity contribution in [2.75, 3.05) is 19.7 Å². The minimum atomic E-state index is -0.733. The predicted molar refractivity (Wildman–Crippen MR) is 49.3 cm³/mol. The fourth-order valence-electron chi connectivity index (χ4n) is 3.14. The summed E-state index contributed by atoms with van der Waals surface area (Å²) >= 11 is 0. The predicted octanol–water partition coefficient (Wildman–Crippen LogP) is 1.19. The first-order chi connectivity index (χ1) is 5.97. The molecule has 0 amide bonds. The van der Waals surface area contributed by atoms with Crippen LogP contribution in [0, 0.1) is 5.41 Å². The molecule has 0 aliphatic carbocycles. The summed E-state index contributed by atoms with van der Waals surface area (Å²) in [4.78, 5) is 2.14. The lowest BCUT2D eigenvalue weighted by Gasteiger charge is -2.29. The first-order valence-corrected chi connectivity index (χ1v) is 4.97. The summed E-state index contributed by atoms with van der Waals surface area (Å²) in [5.74, 6) is 0. The smallest absolute Gasteiger partial charge is 0.115 e. The van der Waals surface area contributed by atoms with Crippen molar-refractivity contribution < 1.29 is 9.50 Å². The van der Waals surface area contributed by atoms with Crippen LogP contribution in [0.4, 0.5) is 4.39 Å². The molecule has 76 valence electrons. The normalized spacial score (nSPS) is 43.8. The van der Waals surface area contributed by atoms with Gasteiger partial charge < -0.3 is 5.11 Å². The lowest BCUT2D eigenvalue weighted by molar-refractivity contribution is 0.0992. The van der Waals surface area contributed by atoms with Crippen molar-refractivity contribution in [2.24, 2.45) is 5.41 Å². The Hall–Kier alpha value is -0.150. The van der Waals surface area contributed by atoms with Crippen molar-refractivity contribution in [1.29, 1.82) is 0 Å². The summed E-state index contributed by atoms with van der Waals surface area (Å²) in [7, 11) is 0. The quantitative estimate of drug-likeness (QED) is 0.666. The van der Waals surface area contributed by atoms with Gasteiger partial charge in [0.1, 0.15) is 6.17 Å². The standard InChI is InChI=1S/C10H18FNO/c1-9(2)5-10(7-13)3-8(11)4-12(10)6-9/h8,13H,3-7H2,1-2H3/t8-,10-/m0/s1. The molecule has 0 aromatic rings. The molecular weight excluding hydrogens is 169 g/mol. The molecule has 2 atom stereocenters. The molecule has 2 heterocycles. The third-order valence-electron chi connectivity index (χ3n) is 3.41. The zero-order valence-corrected chi connectivity index (χ0v) is 8.39. The van der Waals surface area contributed by atoms with E-state index < -0.39 is 6.17 Å². The van der Waals surface area contributed by atoms with E-state index in [1.807, 2.05) is 0 Å². The zero-order chi connectivity index (χ0) is 9.69. The Bertz CT molecular complexity index is 219. The van der Waals surface area contributed by atoms with E-state index in [0.29, 0.717) is 13.0 Å². The molecular formula is C10H18FNO. The molecule has 2 aliphatic rings. The van der Waals surface area contributed by atoms with E-state index in [4.69, 9.17) is 0 Å². The molecule has 0 saturated carbocycles. The van der Waals surface area contributed by atoms with Crippen molar-refractivity contribution in [1.82, 2.24) is 4.90 Å². The van der Waals surface area contributed by atoms with E-state index in [1.165, 1.54) is 0 Å². The van der Waals surface area contributed by atoms with Crippen LogP contribution in [-0.2, 0) is 0 Å². The van der Waals surface area contributed by atoms with Gasteiger partial charge in [-0.05, 0) is 11.8 Å². The number of fused-ring (bicyclic) bond motifs is 1. The van der Waals surface area contributed by atoms with Crippen LogP contribution in [0.3, 0.4) is 0 Å². The molecule has 0 unspecified atom stereocenters. The molecule has 0 aromatic carbocycles. The number of halogens is 1. The van der Waals surface area contributed by atoms with Gasteiger partial charge in [0.25, 0.3) is 0 Å². The Morgan fingerprint density at radius 1 is 1.54 bits per heavy atom. The SMILES string of the molecule is CC1(C)CN2C[C@@H](F)C[C@@]2(CO)C1. The minimum Gasteiger partial charge on any atom is -0.394 e. The van der Waals surface area contributed by atoms with Gasteiger partial charge in [0, 0.05) is 25.0 Å². The lowest BCUT2D eigenvalue weighted by Crippen LogP contribution is -2.41. The third-order valence-corrected chi connectivity index (χ3v) is 3.41. The number of alkyl halides is 1. The summed E-state index contributed by atoms with van der Waals surface area (Å²) in [5.41, 5.74) is 0.00574. The highest BCUT2D eigenvalue weighted by Gasteiger charge is 2.54. The second-order valence-corrected chi connectivity index (χ2v) is 5.41. The zero-order valence-electron chi connectivity index (χ0n) is 8.39. The van der Waals surface area contributed by atoms with Gasteiger partial charge in [-0.2, -0.15) is 0 Å². The molecule has 0 bridgehead atoms. The van der Waals surface area contributed by atoms with Crippen LogP contribution >= 0.6 is 0 Å². The fourth-order valence-corrected chi connectivity index (χ4v) is 3.14. The first kappa shape index (κ1) is 9.41. The lowest BCUT2D eigenvalue weighted by atomic mass is 9.82. The highest BCUT2D eigenvalue weighted by Crippen LogP contribution is 2.47. The second kappa shape index (κ2) is 2.67. The topological polar surface area (TPSA) is 23.5 Å². The number of hydrogen-bond donors (Lipinski definition) is 1. The van der Waals surface area contributed by atoms with Gasteiger partial charge in [0.2, 0.25) is 0 Å². The van der Waals surface area contributed by atoms with E-state index in [9.17, 15) is 9.50 Å². The molecule has 0 aromatic heterocycles. The monoisotopic (exact) mass is 187 g/mol. The van der Waals surface area contributed by atoms with Crippen LogP contribution in [0.15, 0.2) is 0 Å². The van der Waals surface area contributed by atoms with Gasteiger partial charge in [-0.1, -0.05) is 13.8 Å². The van der Waals surface area contributed by atoms with Crippen LogP contribution in [0.1, 0.15) is 26.7 Å². The molecule has 2 rings (SSSR count). The van der Waals surface area contributed by atoms with Crippen LogP contribution in [-0.4, -0.2) is 41.4 Å². The molecule has 2 saturated heterocycles. The number of aliphatic hydroxyl groups is 1. The molecule has 13 heavy (non-hydrogen) atoms. The fraction of sp³-hybridized carbons (Fsp3) is 1.00. The Morgan fingerprint density at radius 3 is 2.77 bits per heavy atom. The molecule has 1 N–H and O–H groups in total. The second-order valence-electron chi connectivity index (χ2n) is 5.41. The van der Waals surface area contributed by atoms with E-state index in [2.05, 4.69) is 18.7 Å². The molecule has 2 aliphatic heterocycles. The van der Waals surface area contributed by atoms with Crippen LogP contribution in [0.25, 0.3) is 0 Å². The van der Waals surface area contributed by atoms with Crippen LogP contribution in [0.2, 0.25) is 0 Å². The first-order valence-electron chi connectivity index (χ1n) is 4.97. The van der Waals surface area contributed by atoms with E-state index in [-0.39, 0.29) is 17.6 Å². The average molecular weight is 187 g/mol. The van der Waals surface area contributed by atoms with E-state index >= 15 is 0 Å².